The molecule has 2 amide bonds. The third-order valence-corrected chi connectivity index (χ3v) is 5.66. The Morgan fingerprint density at radius 2 is 1.66 bits per heavy atom. The molecule has 0 saturated carbocycles. The standard InChI is InChI=1S/C24H19NO6S/c26-22(27)15-31-19-10-4-2-7-17(19)14-21-23(28)25(24(29)32-21)12-13-30-20-11-5-8-16-6-1-3-9-18(16)20/h1-11,14H,12-13,15H2,(H,26,27)/b21-14-. The molecule has 162 valence electrons. The van der Waals surface area contributed by atoms with Crippen LogP contribution in [0.4, 0.5) is 4.79 Å². The van der Waals surface area contributed by atoms with Crippen LogP contribution in [0.15, 0.2) is 71.6 Å². The molecule has 32 heavy (non-hydrogen) atoms. The van der Waals surface area contributed by atoms with Gasteiger partial charge in [0.2, 0.25) is 0 Å². The summed E-state index contributed by atoms with van der Waals surface area (Å²) in [6.07, 6.45) is 1.54. The average molecular weight is 449 g/mol. The van der Waals surface area contributed by atoms with E-state index in [9.17, 15) is 14.4 Å². The summed E-state index contributed by atoms with van der Waals surface area (Å²) in [6.45, 7) is -0.224. The van der Waals surface area contributed by atoms with Crippen LogP contribution in [0.1, 0.15) is 5.56 Å². The highest BCUT2D eigenvalue weighted by molar-refractivity contribution is 8.18. The molecule has 8 heteroatoms. The van der Waals surface area contributed by atoms with Crippen molar-refractivity contribution in [2.75, 3.05) is 19.8 Å². The molecular weight excluding hydrogens is 430 g/mol. The van der Waals surface area contributed by atoms with Crippen LogP contribution in [-0.4, -0.2) is 46.9 Å². The zero-order valence-corrected chi connectivity index (χ0v) is 17.7. The molecule has 0 unspecified atom stereocenters. The predicted molar refractivity (Wildman–Crippen MR) is 122 cm³/mol. The number of hydrogen-bond acceptors (Lipinski definition) is 6. The summed E-state index contributed by atoms with van der Waals surface area (Å²) in [5.41, 5.74) is 0.520. The van der Waals surface area contributed by atoms with E-state index in [1.807, 2.05) is 42.5 Å². The highest BCUT2D eigenvalue weighted by Crippen LogP contribution is 2.34. The van der Waals surface area contributed by atoms with Gasteiger partial charge in [0.15, 0.2) is 6.61 Å². The fraction of sp³-hybridized carbons (Fsp3) is 0.125. The number of fused-ring (bicyclic) bond motifs is 1. The van der Waals surface area contributed by atoms with Crippen LogP contribution in [0.5, 0.6) is 11.5 Å². The lowest BCUT2D eigenvalue weighted by molar-refractivity contribution is -0.139. The van der Waals surface area contributed by atoms with Gasteiger partial charge in [0, 0.05) is 10.9 Å². The molecule has 4 rings (SSSR count). The minimum atomic E-state index is -1.11. The number of nitrogens with zero attached hydrogens (tertiary/aromatic N) is 1. The summed E-state index contributed by atoms with van der Waals surface area (Å²) in [5.74, 6) is -0.517. The van der Waals surface area contributed by atoms with Gasteiger partial charge in [0.1, 0.15) is 18.1 Å². The molecule has 1 fully saturated rings. The topological polar surface area (TPSA) is 93.1 Å². The van der Waals surface area contributed by atoms with Gasteiger partial charge in [-0.1, -0.05) is 54.6 Å². The van der Waals surface area contributed by atoms with Gasteiger partial charge in [-0.25, -0.2) is 4.79 Å². The fourth-order valence-corrected chi connectivity index (χ4v) is 4.13. The maximum Gasteiger partial charge on any atom is 0.341 e. The number of carbonyl (C=O) groups excluding carboxylic acids is 2. The van der Waals surface area contributed by atoms with E-state index in [0.29, 0.717) is 17.1 Å². The van der Waals surface area contributed by atoms with Gasteiger partial charge in [-0.2, -0.15) is 0 Å². The van der Waals surface area contributed by atoms with Crippen LogP contribution in [0.2, 0.25) is 0 Å². The normalized spacial score (nSPS) is 14.9. The van der Waals surface area contributed by atoms with Gasteiger partial charge < -0.3 is 14.6 Å². The van der Waals surface area contributed by atoms with Crippen LogP contribution in [0, 0.1) is 0 Å². The average Bonchev–Trinajstić information content (AvgIpc) is 3.06. The molecule has 1 aliphatic heterocycles. The van der Waals surface area contributed by atoms with E-state index < -0.39 is 18.5 Å². The first-order valence-electron chi connectivity index (χ1n) is 9.82. The Balaban J connectivity index is 1.44. The molecule has 7 nitrogen and oxygen atoms in total. The maximum atomic E-state index is 12.8. The number of carboxylic acids is 1. The Morgan fingerprint density at radius 1 is 0.938 bits per heavy atom. The van der Waals surface area contributed by atoms with Crippen molar-refractivity contribution in [2.24, 2.45) is 0 Å². The summed E-state index contributed by atoms with van der Waals surface area (Å²) in [7, 11) is 0. The molecule has 0 aromatic heterocycles. The van der Waals surface area contributed by atoms with E-state index in [0.717, 1.165) is 27.4 Å². The zero-order chi connectivity index (χ0) is 22.5. The van der Waals surface area contributed by atoms with Crippen LogP contribution < -0.4 is 9.47 Å². The lowest BCUT2D eigenvalue weighted by Gasteiger charge is -2.14. The Hall–Kier alpha value is -3.78. The van der Waals surface area contributed by atoms with Crippen LogP contribution in [0.25, 0.3) is 16.8 Å². The number of hydrogen-bond donors (Lipinski definition) is 1. The van der Waals surface area contributed by atoms with Crippen LogP contribution >= 0.6 is 11.8 Å². The summed E-state index contributed by atoms with van der Waals surface area (Å²) >= 11 is 0.830. The predicted octanol–water partition coefficient (Wildman–Crippen LogP) is 4.42. The summed E-state index contributed by atoms with van der Waals surface area (Å²) < 4.78 is 11.1. The number of carboxylic acid groups (broad SMARTS) is 1. The van der Waals surface area contributed by atoms with Gasteiger partial charge in [-0.15, -0.1) is 0 Å². The van der Waals surface area contributed by atoms with Crippen molar-refractivity contribution in [1.29, 1.82) is 0 Å². The van der Waals surface area contributed by atoms with Crippen LogP contribution in [-0.2, 0) is 9.59 Å². The minimum absolute atomic E-state index is 0.113. The summed E-state index contributed by atoms with van der Waals surface area (Å²) in [6, 6.07) is 20.3. The van der Waals surface area contributed by atoms with Gasteiger partial charge in [0.05, 0.1) is 11.4 Å². The smallest absolute Gasteiger partial charge is 0.341 e. The quantitative estimate of drug-likeness (QED) is 0.509. The molecule has 1 saturated heterocycles. The van der Waals surface area contributed by atoms with E-state index in [2.05, 4.69) is 0 Å². The number of amides is 2. The maximum absolute atomic E-state index is 12.8. The molecule has 0 radical (unpaired) electrons. The van der Waals surface area contributed by atoms with Crippen molar-refractivity contribution >= 4 is 45.7 Å². The zero-order valence-electron chi connectivity index (χ0n) is 16.9. The van der Waals surface area contributed by atoms with Crippen molar-refractivity contribution in [2.45, 2.75) is 0 Å². The Labute approximate surface area is 188 Å². The third-order valence-electron chi connectivity index (χ3n) is 4.75. The third kappa shape index (κ3) is 4.76. The minimum Gasteiger partial charge on any atom is -0.491 e. The SMILES string of the molecule is O=C(O)COc1ccccc1/C=C1\SC(=O)N(CCOc2cccc3ccccc23)C1=O. The van der Waals surface area contributed by atoms with Crippen molar-refractivity contribution in [1.82, 2.24) is 4.90 Å². The molecule has 3 aromatic carbocycles. The van der Waals surface area contributed by atoms with E-state index in [1.54, 1.807) is 24.3 Å². The van der Waals surface area contributed by atoms with Gasteiger partial charge >= 0.3 is 5.97 Å². The Bertz CT molecular complexity index is 1220. The van der Waals surface area contributed by atoms with Gasteiger partial charge in [-0.3, -0.25) is 14.5 Å². The molecule has 0 atom stereocenters. The van der Waals surface area contributed by atoms with E-state index in [1.165, 1.54) is 6.08 Å². The fourth-order valence-electron chi connectivity index (χ4n) is 3.27. The second kappa shape index (κ2) is 9.57. The Kier molecular flexibility index (Phi) is 6.42. The number of aliphatic carboxylic acids is 1. The summed E-state index contributed by atoms with van der Waals surface area (Å²) in [5, 5.41) is 10.4. The van der Waals surface area contributed by atoms with E-state index in [4.69, 9.17) is 14.6 Å². The highest BCUT2D eigenvalue weighted by atomic mass is 32.2. The van der Waals surface area contributed by atoms with Gasteiger partial charge in [-0.05, 0) is 35.4 Å². The molecule has 1 aliphatic rings. The largest absolute Gasteiger partial charge is 0.491 e. The molecule has 0 bridgehead atoms. The number of ether oxygens (including phenoxy) is 2. The molecule has 0 aliphatic carbocycles. The first-order chi connectivity index (χ1) is 15.5. The molecule has 3 aromatic rings. The first-order valence-corrected chi connectivity index (χ1v) is 10.6. The number of carbonyl (C=O) groups is 3. The van der Waals surface area contributed by atoms with Crippen LogP contribution in [0.3, 0.4) is 0 Å². The second-order valence-electron chi connectivity index (χ2n) is 6.88. The van der Waals surface area contributed by atoms with E-state index in [-0.39, 0.29) is 23.3 Å². The van der Waals surface area contributed by atoms with Gasteiger partial charge in [0.25, 0.3) is 11.1 Å². The monoisotopic (exact) mass is 449 g/mol. The second-order valence-corrected chi connectivity index (χ2v) is 7.87. The number of benzene rings is 3. The molecule has 1 N–H and O–H groups in total. The molecule has 0 spiro atoms. The summed E-state index contributed by atoms with van der Waals surface area (Å²) in [4.78, 5) is 37.3. The number of imide groups is 1. The van der Waals surface area contributed by atoms with Crippen molar-refractivity contribution in [3.8, 4) is 11.5 Å². The van der Waals surface area contributed by atoms with Crippen molar-refractivity contribution in [3.05, 3.63) is 77.2 Å². The highest BCUT2D eigenvalue weighted by Gasteiger charge is 2.35. The number of para-hydroxylation sites is 1. The number of rotatable bonds is 8. The number of thioether (sulfide) groups is 1. The lowest BCUT2D eigenvalue weighted by atomic mass is 10.1. The first kappa shape index (κ1) is 21.5. The Morgan fingerprint density at radius 3 is 2.50 bits per heavy atom. The van der Waals surface area contributed by atoms with E-state index >= 15 is 0 Å². The molecule has 1 heterocycles. The van der Waals surface area contributed by atoms with Crippen molar-refractivity contribution < 1.29 is 29.0 Å². The molecular formula is C24H19NO6S. The lowest BCUT2D eigenvalue weighted by Crippen LogP contribution is -2.32. The van der Waals surface area contributed by atoms with Crippen molar-refractivity contribution in [3.63, 3.8) is 0 Å².